The van der Waals surface area contributed by atoms with Gasteiger partial charge in [0.05, 0.1) is 24.3 Å². The van der Waals surface area contributed by atoms with Crippen molar-refractivity contribution in [2.24, 2.45) is 0 Å². The molecule has 0 spiro atoms. The van der Waals surface area contributed by atoms with Crippen LogP contribution in [0.15, 0.2) is 24.3 Å². The van der Waals surface area contributed by atoms with Crippen LogP contribution >= 0.6 is 0 Å². The molecule has 0 atom stereocenters. The van der Waals surface area contributed by atoms with Gasteiger partial charge >= 0.3 is 0 Å². The molecule has 1 aromatic carbocycles. The molecular formula is C19H23FN4O3S. The Balaban J connectivity index is 1.39. The highest BCUT2D eigenvalue weighted by Gasteiger charge is 2.25. The van der Waals surface area contributed by atoms with Gasteiger partial charge in [0.1, 0.15) is 0 Å². The molecule has 0 saturated carbocycles. The maximum absolute atomic E-state index is 13.9. The Hall–Kier alpha value is -2.26. The van der Waals surface area contributed by atoms with Crippen LogP contribution in [-0.4, -0.2) is 62.6 Å². The fraction of sp³-hybridized carbons (Fsp3) is 0.474. The average molecular weight is 406 g/mol. The second kappa shape index (κ2) is 7.63. The predicted octanol–water partition coefficient (Wildman–Crippen LogP) is 1.42. The molecule has 0 aliphatic carbocycles. The first-order valence-electron chi connectivity index (χ1n) is 9.29. The highest BCUT2D eigenvalue weighted by molar-refractivity contribution is 7.90. The fourth-order valence-corrected chi connectivity index (χ4v) is 5.07. The minimum absolute atomic E-state index is 0.0495. The third-order valence-electron chi connectivity index (χ3n) is 5.29. The minimum Gasteiger partial charge on any atom is -0.494 e. The minimum atomic E-state index is -3.03. The summed E-state index contributed by atoms with van der Waals surface area (Å²) in [5.41, 5.74) is 2.47. The van der Waals surface area contributed by atoms with E-state index in [1.54, 1.807) is 6.07 Å². The summed E-state index contributed by atoms with van der Waals surface area (Å²) in [7, 11) is -1.58. The lowest BCUT2D eigenvalue weighted by molar-refractivity contribution is 0.248. The molecule has 0 radical (unpaired) electrons. The SMILES string of the molecule is COc1ccc(CN2CCN(c3cc4c(nn3)CCS(=O)(=O)C4)CC2)cc1F. The van der Waals surface area contributed by atoms with Crippen LogP contribution in [0.25, 0.3) is 0 Å². The maximum Gasteiger partial charge on any atom is 0.165 e. The number of halogens is 1. The summed E-state index contributed by atoms with van der Waals surface area (Å²) < 4.78 is 42.6. The number of nitrogens with zero attached hydrogens (tertiary/aromatic N) is 4. The number of methoxy groups -OCH3 is 1. The summed E-state index contributed by atoms with van der Waals surface area (Å²) in [6, 6.07) is 6.91. The molecule has 0 unspecified atom stereocenters. The first kappa shape index (κ1) is 19.1. The second-order valence-corrected chi connectivity index (χ2v) is 9.43. The van der Waals surface area contributed by atoms with Crippen molar-refractivity contribution in [2.45, 2.75) is 18.7 Å². The van der Waals surface area contributed by atoms with E-state index in [-0.39, 0.29) is 23.1 Å². The highest BCUT2D eigenvalue weighted by atomic mass is 32.2. The lowest BCUT2D eigenvalue weighted by Gasteiger charge is -2.35. The van der Waals surface area contributed by atoms with Crippen LogP contribution in [0.1, 0.15) is 16.8 Å². The van der Waals surface area contributed by atoms with Gasteiger partial charge in [0.25, 0.3) is 0 Å². The van der Waals surface area contributed by atoms with E-state index < -0.39 is 9.84 Å². The summed E-state index contributed by atoms with van der Waals surface area (Å²) in [5.74, 6) is 0.831. The number of hydrogen-bond acceptors (Lipinski definition) is 7. The predicted molar refractivity (Wildman–Crippen MR) is 104 cm³/mol. The smallest absolute Gasteiger partial charge is 0.165 e. The summed E-state index contributed by atoms with van der Waals surface area (Å²) >= 11 is 0. The molecule has 0 amide bonds. The van der Waals surface area contributed by atoms with Gasteiger partial charge < -0.3 is 9.64 Å². The normalized spacial score (nSPS) is 19.3. The van der Waals surface area contributed by atoms with E-state index in [4.69, 9.17) is 4.74 Å². The van der Waals surface area contributed by atoms with E-state index in [0.29, 0.717) is 13.0 Å². The van der Waals surface area contributed by atoms with Crippen LogP contribution in [0.3, 0.4) is 0 Å². The number of benzene rings is 1. The summed E-state index contributed by atoms with van der Waals surface area (Å²) in [6.07, 6.45) is 0.442. The molecule has 2 aromatic rings. The Morgan fingerprint density at radius 3 is 2.64 bits per heavy atom. The summed E-state index contributed by atoms with van der Waals surface area (Å²) in [5, 5.41) is 8.55. The molecule has 150 valence electrons. The topological polar surface area (TPSA) is 75.6 Å². The van der Waals surface area contributed by atoms with E-state index in [0.717, 1.165) is 48.8 Å². The third-order valence-corrected chi connectivity index (χ3v) is 6.87. The maximum atomic E-state index is 13.9. The Morgan fingerprint density at radius 2 is 1.93 bits per heavy atom. The van der Waals surface area contributed by atoms with Crippen molar-refractivity contribution >= 4 is 15.7 Å². The number of hydrogen-bond donors (Lipinski definition) is 0. The Morgan fingerprint density at radius 1 is 1.14 bits per heavy atom. The molecule has 2 aliphatic rings. The van der Waals surface area contributed by atoms with Crippen LogP contribution < -0.4 is 9.64 Å². The zero-order chi connectivity index (χ0) is 19.7. The Labute approximate surface area is 164 Å². The monoisotopic (exact) mass is 406 g/mol. The third kappa shape index (κ3) is 4.10. The van der Waals surface area contributed by atoms with Gasteiger partial charge in [-0.1, -0.05) is 6.07 Å². The van der Waals surface area contributed by atoms with Crippen molar-refractivity contribution < 1.29 is 17.5 Å². The van der Waals surface area contributed by atoms with Crippen LogP contribution in [0, 0.1) is 5.82 Å². The molecule has 9 heteroatoms. The van der Waals surface area contributed by atoms with Crippen molar-refractivity contribution in [2.75, 3.05) is 43.9 Å². The highest BCUT2D eigenvalue weighted by Crippen LogP contribution is 2.24. The quantitative estimate of drug-likeness (QED) is 0.760. The molecule has 1 saturated heterocycles. The van der Waals surface area contributed by atoms with Crippen molar-refractivity contribution in [3.05, 3.63) is 46.9 Å². The van der Waals surface area contributed by atoms with Crippen molar-refractivity contribution in [1.82, 2.24) is 15.1 Å². The van der Waals surface area contributed by atoms with Gasteiger partial charge in [-0.15, -0.1) is 5.10 Å². The molecule has 0 N–H and O–H groups in total. The second-order valence-electron chi connectivity index (χ2n) is 7.25. The molecule has 0 bridgehead atoms. The zero-order valence-corrected chi connectivity index (χ0v) is 16.6. The number of fused-ring (bicyclic) bond motifs is 1. The summed E-state index contributed by atoms with van der Waals surface area (Å²) in [6.45, 7) is 3.82. The standard InChI is InChI=1S/C19H23FN4O3S/c1-27-18-3-2-14(10-16(18)20)12-23-5-7-24(8-6-23)19-11-15-13-28(25,26)9-4-17(15)21-22-19/h2-3,10-11H,4-9,12-13H2,1H3. The summed E-state index contributed by atoms with van der Waals surface area (Å²) in [4.78, 5) is 4.38. The number of anilines is 1. The van der Waals surface area contributed by atoms with E-state index in [2.05, 4.69) is 20.0 Å². The first-order valence-corrected chi connectivity index (χ1v) is 11.1. The lowest BCUT2D eigenvalue weighted by Crippen LogP contribution is -2.46. The van der Waals surface area contributed by atoms with Gasteiger partial charge in [0.15, 0.2) is 27.2 Å². The molecule has 3 heterocycles. The molecule has 4 rings (SSSR count). The molecular weight excluding hydrogens is 383 g/mol. The Kier molecular flexibility index (Phi) is 5.20. The van der Waals surface area contributed by atoms with Crippen molar-refractivity contribution in [3.63, 3.8) is 0 Å². The number of piperazine rings is 1. The number of aryl methyl sites for hydroxylation is 1. The van der Waals surface area contributed by atoms with Crippen LogP contribution in [0.2, 0.25) is 0 Å². The molecule has 28 heavy (non-hydrogen) atoms. The lowest BCUT2D eigenvalue weighted by atomic mass is 10.1. The van der Waals surface area contributed by atoms with Crippen LogP contribution in [0.5, 0.6) is 5.75 Å². The Bertz CT molecular complexity index is 975. The van der Waals surface area contributed by atoms with Crippen LogP contribution in [0.4, 0.5) is 10.2 Å². The van der Waals surface area contributed by atoms with Gasteiger partial charge in [0, 0.05) is 39.1 Å². The van der Waals surface area contributed by atoms with Gasteiger partial charge in [-0.05, 0) is 29.3 Å². The van der Waals surface area contributed by atoms with Gasteiger partial charge in [-0.3, -0.25) is 4.90 Å². The van der Waals surface area contributed by atoms with E-state index in [1.165, 1.54) is 13.2 Å². The molecule has 1 fully saturated rings. The zero-order valence-electron chi connectivity index (χ0n) is 15.8. The molecule has 2 aliphatic heterocycles. The number of rotatable bonds is 4. The van der Waals surface area contributed by atoms with Gasteiger partial charge in [0.2, 0.25) is 0 Å². The number of aromatic nitrogens is 2. The van der Waals surface area contributed by atoms with Crippen molar-refractivity contribution in [1.29, 1.82) is 0 Å². The van der Waals surface area contributed by atoms with Gasteiger partial charge in [-0.2, -0.15) is 5.10 Å². The fourth-order valence-electron chi connectivity index (χ4n) is 3.70. The number of sulfone groups is 1. The number of ether oxygens (including phenoxy) is 1. The van der Waals surface area contributed by atoms with E-state index in [1.807, 2.05) is 12.1 Å². The molecule has 1 aromatic heterocycles. The largest absolute Gasteiger partial charge is 0.494 e. The van der Waals surface area contributed by atoms with E-state index in [9.17, 15) is 12.8 Å². The van der Waals surface area contributed by atoms with Crippen molar-refractivity contribution in [3.8, 4) is 5.75 Å². The van der Waals surface area contributed by atoms with Crippen LogP contribution in [-0.2, 0) is 28.6 Å². The van der Waals surface area contributed by atoms with E-state index >= 15 is 0 Å². The average Bonchev–Trinajstić information content (AvgIpc) is 2.67. The first-order chi connectivity index (χ1) is 13.4. The van der Waals surface area contributed by atoms with Gasteiger partial charge in [-0.25, -0.2) is 12.8 Å². The molecule has 7 nitrogen and oxygen atoms in total.